The molecular formula is C34H28. The first kappa shape index (κ1) is 21.7. The van der Waals surface area contributed by atoms with Gasteiger partial charge in [0.2, 0.25) is 0 Å². The molecule has 0 heterocycles. The van der Waals surface area contributed by atoms with Gasteiger partial charge in [-0.2, -0.15) is 0 Å². The Hall–Kier alpha value is -4.16. The van der Waals surface area contributed by atoms with Crippen LogP contribution in [0.2, 0.25) is 0 Å². The Morgan fingerprint density at radius 3 is 1.79 bits per heavy atom. The van der Waals surface area contributed by atoms with Gasteiger partial charge in [0.05, 0.1) is 0 Å². The molecule has 0 unspecified atom stereocenters. The van der Waals surface area contributed by atoms with E-state index in [1.54, 1.807) is 0 Å². The normalized spacial score (nSPS) is 12.1. The predicted molar refractivity (Wildman–Crippen MR) is 148 cm³/mol. The molecule has 0 fully saturated rings. The highest BCUT2D eigenvalue weighted by Crippen LogP contribution is 2.32. The van der Waals surface area contributed by atoms with Gasteiger partial charge in [0.15, 0.2) is 0 Å². The van der Waals surface area contributed by atoms with Gasteiger partial charge in [-0.25, -0.2) is 0 Å². The number of allylic oxidation sites excluding steroid dienone is 4. The Morgan fingerprint density at radius 2 is 1.12 bits per heavy atom. The molecule has 0 nitrogen and oxygen atoms in total. The number of rotatable bonds is 6. The molecule has 34 heavy (non-hydrogen) atoms. The van der Waals surface area contributed by atoms with Gasteiger partial charge in [0.25, 0.3) is 0 Å². The second kappa shape index (κ2) is 10.2. The quantitative estimate of drug-likeness (QED) is 0.233. The molecule has 0 radical (unpaired) electrons. The molecule has 0 saturated carbocycles. The van der Waals surface area contributed by atoms with Crippen LogP contribution in [0.4, 0.5) is 0 Å². The lowest BCUT2D eigenvalue weighted by atomic mass is 9.92. The van der Waals surface area contributed by atoms with E-state index in [0.29, 0.717) is 0 Å². The van der Waals surface area contributed by atoms with E-state index in [-0.39, 0.29) is 0 Å². The summed E-state index contributed by atoms with van der Waals surface area (Å²) in [6, 6.07) is 45.3. The van der Waals surface area contributed by atoms with Crippen LogP contribution in [0, 0.1) is 0 Å². The smallest absolute Gasteiger partial charge is 0.00821 e. The summed E-state index contributed by atoms with van der Waals surface area (Å²) < 4.78 is 0. The third-order valence-electron chi connectivity index (χ3n) is 6.35. The highest BCUT2D eigenvalue weighted by molar-refractivity contribution is 5.98. The minimum atomic E-state index is 0.873. The lowest BCUT2D eigenvalue weighted by molar-refractivity contribution is 1.30. The Kier molecular flexibility index (Phi) is 6.49. The minimum Gasteiger partial charge on any atom is -0.0722 e. The molecule has 164 valence electrons. The molecule has 0 amide bonds. The second-order valence-corrected chi connectivity index (χ2v) is 8.61. The van der Waals surface area contributed by atoms with Crippen LogP contribution in [0.5, 0.6) is 0 Å². The maximum Gasteiger partial charge on any atom is -0.00821 e. The Morgan fingerprint density at radius 1 is 0.559 bits per heavy atom. The van der Waals surface area contributed by atoms with Crippen LogP contribution in [-0.2, 0) is 6.42 Å². The lowest BCUT2D eigenvalue weighted by Crippen LogP contribution is -1.90. The SMILES string of the molecule is C/C(=C\C(=C/Cc1ccc(-c2ccccc2)c2ccccc12)c1ccccc1)c1ccccc1. The number of fused-ring (bicyclic) bond motifs is 1. The summed E-state index contributed by atoms with van der Waals surface area (Å²) in [5.74, 6) is 0. The topological polar surface area (TPSA) is 0 Å². The lowest BCUT2D eigenvalue weighted by Gasteiger charge is -2.12. The zero-order valence-corrected chi connectivity index (χ0v) is 19.5. The number of hydrogen-bond donors (Lipinski definition) is 0. The van der Waals surface area contributed by atoms with E-state index in [1.807, 2.05) is 0 Å². The summed E-state index contributed by atoms with van der Waals surface area (Å²) in [5, 5.41) is 2.62. The third-order valence-corrected chi connectivity index (χ3v) is 6.35. The predicted octanol–water partition coefficient (Wildman–Crippen LogP) is 9.24. The molecule has 0 spiro atoms. The van der Waals surface area contributed by atoms with Crippen LogP contribution in [0.15, 0.2) is 140 Å². The molecule has 0 bridgehead atoms. The molecule has 0 saturated heterocycles. The molecule has 0 aromatic heterocycles. The van der Waals surface area contributed by atoms with Gasteiger partial charge in [-0.05, 0) is 63.1 Å². The van der Waals surface area contributed by atoms with Crippen LogP contribution in [0.25, 0.3) is 33.0 Å². The van der Waals surface area contributed by atoms with E-state index < -0.39 is 0 Å². The maximum atomic E-state index is 2.37. The van der Waals surface area contributed by atoms with Crippen molar-refractivity contribution < 1.29 is 0 Å². The zero-order valence-electron chi connectivity index (χ0n) is 19.5. The number of hydrogen-bond acceptors (Lipinski definition) is 0. The van der Waals surface area contributed by atoms with Crippen molar-refractivity contribution in [3.63, 3.8) is 0 Å². The summed E-state index contributed by atoms with van der Waals surface area (Å²) in [6.07, 6.45) is 5.55. The molecule has 0 atom stereocenters. The van der Waals surface area contributed by atoms with Crippen molar-refractivity contribution in [3.05, 3.63) is 156 Å². The second-order valence-electron chi connectivity index (χ2n) is 8.61. The molecule has 5 rings (SSSR count). The summed E-state index contributed by atoms with van der Waals surface area (Å²) >= 11 is 0. The van der Waals surface area contributed by atoms with Crippen molar-refractivity contribution in [3.8, 4) is 11.1 Å². The highest BCUT2D eigenvalue weighted by atomic mass is 14.1. The summed E-state index contributed by atoms with van der Waals surface area (Å²) in [4.78, 5) is 0. The van der Waals surface area contributed by atoms with Crippen LogP contribution in [0.3, 0.4) is 0 Å². The van der Waals surface area contributed by atoms with E-state index >= 15 is 0 Å². The van der Waals surface area contributed by atoms with E-state index in [1.165, 1.54) is 49.7 Å². The molecule has 0 aliphatic rings. The van der Waals surface area contributed by atoms with Crippen molar-refractivity contribution in [1.29, 1.82) is 0 Å². The van der Waals surface area contributed by atoms with Gasteiger partial charge >= 0.3 is 0 Å². The Balaban J connectivity index is 1.56. The fourth-order valence-electron chi connectivity index (χ4n) is 4.54. The molecule has 0 aliphatic heterocycles. The van der Waals surface area contributed by atoms with Crippen molar-refractivity contribution >= 4 is 21.9 Å². The largest absolute Gasteiger partial charge is 0.0722 e. The van der Waals surface area contributed by atoms with Gasteiger partial charge in [-0.1, -0.05) is 140 Å². The third kappa shape index (κ3) is 4.77. The fourth-order valence-corrected chi connectivity index (χ4v) is 4.54. The molecule has 0 heteroatoms. The average Bonchev–Trinajstić information content (AvgIpc) is 2.92. The average molecular weight is 437 g/mol. The molecular weight excluding hydrogens is 408 g/mol. The molecule has 0 aliphatic carbocycles. The van der Waals surface area contributed by atoms with Gasteiger partial charge in [-0.3, -0.25) is 0 Å². The van der Waals surface area contributed by atoms with Crippen molar-refractivity contribution in [2.75, 3.05) is 0 Å². The van der Waals surface area contributed by atoms with Crippen molar-refractivity contribution in [1.82, 2.24) is 0 Å². The molecule has 0 N–H and O–H groups in total. The van der Waals surface area contributed by atoms with Crippen LogP contribution >= 0.6 is 0 Å². The first-order chi connectivity index (χ1) is 16.8. The summed E-state index contributed by atoms with van der Waals surface area (Å²) in [7, 11) is 0. The van der Waals surface area contributed by atoms with Crippen LogP contribution in [-0.4, -0.2) is 0 Å². The zero-order chi connectivity index (χ0) is 23.2. The molecule has 5 aromatic rings. The standard InChI is InChI=1S/C34H28/c1-26(27-13-5-2-6-14-27)25-31(28-15-7-3-8-16-28)22-21-30-23-24-33(29-17-9-4-10-18-29)34-20-12-11-19-32(30)34/h2-20,22-25H,21H2,1H3/b26-25+,31-22+. The van der Waals surface area contributed by atoms with Crippen molar-refractivity contribution in [2.45, 2.75) is 13.3 Å². The van der Waals surface area contributed by atoms with Crippen LogP contribution < -0.4 is 0 Å². The first-order valence-corrected chi connectivity index (χ1v) is 11.8. The number of benzene rings is 5. The molecule has 5 aromatic carbocycles. The summed E-state index contributed by atoms with van der Waals surface area (Å²) in [5.41, 5.74) is 8.89. The van der Waals surface area contributed by atoms with E-state index in [0.717, 1.165) is 6.42 Å². The van der Waals surface area contributed by atoms with E-state index in [2.05, 4.69) is 146 Å². The van der Waals surface area contributed by atoms with Gasteiger partial charge in [0.1, 0.15) is 0 Å². The Bertz CT molecular complexity index is 1440. The van der Waals surface area contributed by atoms with E-state index in [4.69, 9.17) is 0 Å². The van der Waals surface area contributed by atoms with E-state index in [9.17, 15) is 0 Å². The van der Waals surface area contributed by atoms with Gasteiger partial charge < -0.3 is 0 Å². The monoisotopic (exact) mass is 436 g/mol. The Labute approximate surface area is 202 Å². The minimum absolute atomic E-state index is 0.873. The maximum absolute atomic E-state index is 2.37. The van der Waals surface area contributed by atoms with Gasteiger partial charge in [-0.15, -0.1) is 0 Å². The van der Waals surface area contributed by atoms with Crippen molar-refractivity contribution in [2.24, 2.45) is 0 Å². The fraction of sp³-hybridized carbons (Fsp3) is 0.0588. The summed E-state index contributed by atoms with van der Waals surface area (Å²) in [6.45, 7) is 2.19. The van der Waals surface area contributed by atoms with Gasteiger partial charge in [0, 0.05) is 0 Å². The highest BCUT2D eigenvalue weighted by Gasteiger charge is 2.08. The van der Waals surface area contributed by atoms with Crippen LogP contribution in [0.1, 0.15) is 23.6 Å². The first-order valence-electron chi connectivity index (χ1n) is 11.8.